The number of ether oxygens (including phenoxy) is 4. The van der Waals surface area contributed by atoms with Crippen molar-refractivity contribution < 1.29 is 33.3 Å². The standard InChI is InChI=1S/C22H28O7/c1-13(23)27-12-18-17(19-8-9-20(18)29-19)11-21(28-14(2)24)16-7-5-4-6-15(16)10-22(25)26-3/h4-7,17-21H,8-12H2,1-3H3/t17-,18+,19+,20-,21?/m1/s1. The SMILES string of the molecule is COC(=O)Cc1ccccc1C(C[C@@H]1[C@H](COC(C)=O)[C@H]2CC[C@@H]1O2)OC(C)=O. The zero-order valence-electron chi connectivity index (χ0n) is 17.1. The Labute approximate surface area is 170 Å². The average Bonchev–Trinajstić information content (AvgIpc) is 3.27. The second-order valence-corrected chi connectivity index (χ2v) is 7.71. The normalized spacial score (nSPS) is 26.0. The summed E-state index contributed by atoms with van der Waals surface area (Å²) in [5.74, 6) is -0.878. The number of hydrogen-bond donors (Lipinski definition) is 0. The first-order valence-corrected chi connectivity index (χ1v) is 9.99. The molecule has 2 heterocycles. The lowest BCUT2D eigenvalue weighted by Crippen LogP contribution is -2.33. The Bertz CT molecular complexity index is 759. The highest BCUT2D eigenvalue weighted by atomic mass is 16.6. The number of carbonyl (C=O) groups is 3. The molecular formula is C22H28O7. The van der Waals surface area contributed by atoms with Gasteiger partial charge in [0, 0.05) is 19.8 Å². The van der Waals surface area contributed by atoms with Gasteiger partial charge >= 0.3 is 17.9 Å². The Balaban J connectivity index is 1.83. The van der Waals surface area contributed by atoms with E-state index in [-0.39, 0.29) is 48.4 Å². The lowest BCUT2D eigenvalue weighted by Gasteiger charge is -2.31. The number of carbonyl (C=O) groups excluding carboxylic acids is 3. The van der Waals surface area contributed by atoms with E-state index in [2.05, 4.69) is 0 Å². The predicted molar refractivity (Wildman–Crippen MR) is 103 cm³/mol. The zero-order chi connectivity index (χ0) is 21.0. The summed E-state index contributed by atoms with van der Waals surface area (Å²) in [6, 6.07) is 7.43. The molecule has 7 heteroatoms. The smallest absolute Gasteiger partial charge is 0.309 e. The van der Waals surface area contributed by atoms with Crippen molar-refractivity contribution in [3.05, 3.63) is 35.4 Å². The van der Waals surface area contributed by atoms with Crippen LogP contribution in [0.25, 0.3) is 0 Å². The third-order valence-electron chi connectivity index (χ3n) is 5.83. The molecule has 0 amide bonds. The van der Waals surface area contributed by atoms with Gasteiger partial charge in [-0.3, -0.25) is 14.4 Å². The van der Waals surface area contributed by atoms with Crippen molar-refractivity contribution in [1.82, 2.24) is 0 Å². The fraction of sp³-hybridized carbons (Fsp3) is 0.591. The largest absolute Gasteiger partial charge is 0.469 e. The molecule has 0 aromatic heterocycles. The van der Waals surface area contributed by atoms with Crippen LogP contribution in [0, 0.1) is 11.8 Å². The molecule has 0 spiro atoms. The quantitative estimate of drug-likeness (QED) is 0.486. The Morgan fingerprint density at radius 2 is 1.76 bits per heavy atom. The second kappa shape index (κ2) is 9.39. The van der Waals surface area contributed by atoms with Crippen LogP contribution in [0.2, 0.25) is 0 Å². The summed E-state index contributed by atoms with van der Waals surface area (Å²) >= 11 is 0. The molecule has 2 aliphatic heterocycles. The molecule has 0 N–H and O–H groups in total. The Morgan fingerprint density at radius 3 is 2.41 bits per heavy atom. The summed E-state index contributed by atoms with van der Waals surface area (Å²) in [6.45, 7) is 3.08. The van der Waals surface area contributed by atoms with Crippen LogP contribution in [-0.4, -0.2) is 43.8 Å². The average molecular weight is 404 g/mol. The molecule has 2 bridgehead atoms. The van der Waals surface area contributed by atoms with Crippen molar-refractivity contribution in [3.8, 4) is 0 Å². The van der Waals surface area contributed by atoms with E-state index in [9.17, 15) is 14.4 Å². The number of methoxy groups -OCH3 is 1. The van der Waals surface area contributed by atoms with E-state index in [4.69, 9.17) is 18.9 Å². The second-order valence-electron chi connectivity index (χ2n) is 7.71. The van der Waals surface area contributed by atoms with Crippen LogP contribution in [0.15, 0.2) is 24.3 Å². The molecule has 1 aromatic rings. The Kier molecular flexibility index (Phi) is 6.90. The minimum Gasteiger partial charge on any atom is -0.469 e. The van der Waals surface area contributed by atoms with E-state index < -0.39 is 6.10 Å². The van der Waals surface area contributed by atoms with Crippen molar-refractivity contribution in [3.63, 3.8) is 0 Å². The van der Waals surface area contributed by atoms with Crippen molar-refractivity contribution in [1.29, 1.82) is 0 Å². The molecular weight excluding hydrogens is 376 g/mol. The van der Waals surface area contributed by atoms with Crippen LogP contribution < -0.4 is 0 Å². The van der Waals surface area contributed by atoms with Crippen LogP contribution in [0.3, 0.4) is 0 Å². The molecule has 3 rings (SSSR count). The third kappa shape index (κ3) is 5.15. The molecule has 1 aromatic carbocycles. The van der Waals surface area contributed by atoms with Gasteiger partial charge in [-0.05, 0) is 36.3 Å². The van der Waals surface area contributed by atoms with E-state index >= 15 is 0 Å². The molecule has 5 atom stereocenters. The number of benzene rings is 1. The van der Waals surface area contributed by atoms with Crippen molar-refractivity contribution in [2.75, 3.05) is 13.7 Å². The first-order chi connectivity index (χ1) is 13.9. The summed E-state index contributed by atoms with van der Waals surface area (Å²) in [6.07, 6.45) is 2.16. The van der Waals surface area contributed by atoms with Crippen molar-refractivity contribution in [2.24, 2.45) is 11.8 Å². The van der Waals surface area contributed by atoms with E-state index in [1.807, 2.05) is 24.3 Å². The highest BCUT2D eigenvalue weighted by Gasteiger charge is 2.50. The van der Waals surface area contributed by atoms with Gasteiger partial charge in [0.25, 0.3) is 0 Å². The number of esters is 3. The number of hydrogen-bond acceptors (Lipinski definition) is 7. The van der Waals surface area contributed by atoms with Crippen molar-refractivity contribution >= 4 is 17.9 Å². The van der Waals surface area contributed by atoms with Gasteiger partial charge in [0.05, 0.1) is 32.3 Å². The fourth-order valence-electron chi connectivity index (χ4n) is 4.56. The molecule has 0 aliphatic carbocycles. The van der Waals surface area contributed by atoms with Crippen LogP contribution in [0.1, 0.15) is 50.3 Å². The fourth-order valence-corrected chi connectivity index (χ4v) is 4.56. The topological polar surface area (TPSA) is 88.1 Å². The van der Waals surface area contributed by atoms with Gasteiger partial charge in [0.1, 0.15) is 6.10 Å². The summed E-state index contributed by atoms with van der Waals surface area (Å²) in [7, 11) is 1.35. The van der Waals surface area contributed by atoms with Crippen molar-refractivity contribution in [2.45, 2.75) is 57.8 Å². The first kappa shape index (κ1) is 21.3. The molecule has 29 heavy (non-hydrogen) atoms. The lowest BCUT2D eigenvalue weighted by molar-refractivity contribution is -0.148. The molecule has 1 unspecified atom stereocenters. The van der Waals surface area contributed by atoms with Crippen LogP contribution in [0.4, 0.5) is 0 Å². The van der Waals surface area contributed by atoms with Gasteiger partial charge in [0.15, 0.2) is 0 Å². The van der Waals surface area contributed by atoms with E-state index in [0.29, 0.717) is 13.0 Å². The maximum Gasteiger partial charge on any atom is 0.309 e. The maximum absolute atomic E-state index is 11.8. The molecule has 2 aliphatic rings. The Hall–Kier alpha value is -2.41. The van der Waals surface area contributed by atoms with Crippen LogP contribution in [-0.2, 0) is 39.8 Å². The molecule has 2 fully saturated rings. The van der Waals surface area contributed by atoms with Crippen LogP contribution in [0.5, 0.6) is 0 Å². The van der Waals surface area contributed by atoms with Gasteiger partial charge in [-0.2, -0.15) is 0 Å². The molecule has 2 saturated heterocycles. The van der Waals surface area contributed by atoms with Gasteiger partial charge in [-0.25, -0.2) is 0 Å². The van der Waals surface area contributed by atoms with E-state index in [1.165, 1.54) is 21.0 Å². The van der Waals surface area contributed by atoms with Gasteiger partial charge in [0.2, 0.25) is 0 Å². The monoisotopic (exact) mass is 404 g/mol. The van der Waals surface area contributed by atoms with Gasteiger partial charge < -0.3 is 18.9 Å². The van der Waals surface area contributed by atoms with Gasteiger partial charge in [-0.1, -0.05) is 24.3 Å². The van der Waals surface area contributed by atoms with E-state index in [0.717, 1.165) is 24.0 Å². The number of rotatable bonds is 8. The minimum absolute atomic E-state index is 0.0615. The molecule has 158 valence electrons. The molecule has 0 saturated carbocycles. The zero-order valence-corrected chi connectivity index (χ0v) is 17.1. The molecule has 0 radical (unpaired) electrons. The van der Waals surface area contributed by atoms with Crippen LogP contribution >= 0.6 is 0 Å². The Morgan fingerprint density at radius 1 is 1.07 bits per heavy atom. The number of fused-ring (bicyclic) bond motifs is 2. The van der Waals surface area contributed by atoms with E-state index in [1.54, 1.807) is 0 Å². The highest BCUT2D eigenvalue weighted by Crippen LogP contribution is 2.47. The minimum atomic E-state index is -0.513. The first-order valence-electron chi connectivity index (χ1n) is 9.99. The summed E-state index contributed by atoms with van der Waals surface area (Å²) < 4.78 is 21.8. The summed E-state index contributed by atoms with van der Waals surface area (Å²) in [5, 5.41) is 0. The summed E-state index contributed by atoms with van der Waals surface area (Å²) in [4.78, 5) is 35.0. The van der Waals surface area contributed by atoms with Gasteiger partial charge in [-0.15, -0.1) is 0 Å². The predicted octanol–water partition coefficient (Wildman–Crippen LogP) is 2.75. The summed E-state index contributed by atoms with van der Waals surface area (Å²) in [5.41, 5.74) is 1.56. The highest BCUT2D eigenvalue weighted by molar-refractivity contribution is 5.73. The maximum atomic E-state index is 11.8. The molecule has 7 nitrogen and oxygen atoms in total. The third-order valence-corrected chi connectivity index (χ3v) is 5.83. The lowest BCUT2D eigenvalue weighted by atomic mass is 9.76.